The van der Waals surface area contributed by atoms with E-state index in [9.17, 15) is 4.79 Å². The van der Waals surface area contributed by atoms with Crippen molar-refractivity contribution in [1.29, 1.82) is 0 Å². The molecule has 0 heterocycles. The maximum absolute atomic E-state index is 10.9. The number of nitrogens with one attached hydrogen (secondary N) is 2. The van der Waals surface area contributed by atoms with Gasteiger partial charge in [0.15, 0.2) is 5.96 Å². The zero-order chi connectivity index (χ0) is 13.8. The Bertz CT molecular complexity index is 253. The molecule has 0 saturated heterocycles. The molecule has 0 aromatic rings. The van der Waals surface area contributed by atoms with Gasteiger partial charge in [0.05, 0.1) is 7.11 Å². The van der Waals surface area contributed by atoms with Crippen LogP contribution < -0.4 is 10.6 Å². The zero-order valence-electron chi connectivity index (χ0n) is 12.1. The number of hydrogen-bond donors (Lipinski definition) is 2. The molecular formula is C13H27N3O2. The van der Waals surface area contributed by atoms with Crippen molar-refractivity contribution in [1.82, 2.24) is 10.6 Å². The van der Waals surface area contributed by atoms with Crippen molar-refractivity contribution < 1.29 is 9.53 Å². The van der Waals surface area contributed by atoms with E-state index >= 15 is 0 Å². The van der Waals surface area contributed by atoms with Crippen LogP contribution in [0.2, 0.25) is 0 Å². The molecule has 0 unspecified atom stereocenters. The van der Waals surface area contributed by atoms with Crippen LogP contribution in [0.15, 0.2) is 4.99 Å². The third-order valence-corrected chi connectivity index (χ3v) is 2.57. The highest BCUT2D eigenvalue weighted by atomic mass is 16.5. The van der Waals surface area contributed by atoms with E-state index in [0.717, 1.165) is 38.3 Å². The molecule has 18 heavy (non-hydrogen) atoms. The molecule has 0 bridgehead atoms. The second kappa shape index (κ2) is 10.9. The summed E-state index contributed by atoms with van der Waals surface area (Å²) < 4.78 is 4.58. The van der Waals surface area contributed by atoms with Gasteiger partial charge < -0.3 is 15.4 Å². The minimum Gasteiger partial charge on any atom is -0.469 e. The summed E-state index contributed by atoms with van der Waals surface area (Å²) in [5.74, 6) is 1.37. The number of aliphatic imine (C=N–C) groups is 1. The zero-order valence-corrected chi connectivity index (χ0v) is 12.1. The molecule has 0 aliphatic rings. The van der Waals surface area contributed by atoms with Crippen LogP contribution in [0.25, 0.3) is 0 Å². The number of esters is 1. The predicted octanol–water partition coefficient (Wildman–Crippen LogP) is 1.54. The van der Waals surface area contributed by atoms with E-state index in [0.29, 0.717) is 12.3 Å². The first-order valence-electron chi connectivity index (χ1n) is 6.61. The summed E-state index contributed by atoms with van der Waals surface area (Å²) in [5, 5.41) is 6.48. The molecule has 106 valence electrons. The number of guanidine groups is 1. The number of hydrogen-bond acceptors (Lipinski definition) is 3. The van der Waals surface area contributed by atoms with Crippen LogP contribution in [0.4, 0.5) is 0 Å². The SMILES string of the molecule is CN=C(NCCCCC(=O)OC)NCCC(C)C. The number of nitrogens with zero attached hydrogens (tertiary/aromatic N) is 1. The molecule has 0 radical (unpaired) electrons. The Morgan fingerprint density at radius 3 is 2.44 bits per heavy atom. The van der Waals surface area contributed by atoms with Gasteiger partial charge in [0.2, 0.25) is 0 Å². The highest BCUT2D eigenvalue weighted by Gasteiger charge is 2.00. The lowest BCUT2D eigenvalue weighted by Crippen LogP contribution is -2.38. The monoisotopic (exact) mass is 257 g/mol. The molecular weight excluding hydrogens is 230 g/mol. The summed E-state index contributed by atoms with van der Waals surface area (Å²) in [6, 6.07) is 0. The number of rotatable bonds is 8. The summed E-state index contributed by atoms with van der Waals surface area (Å²) in [4.78, 5) is 15.0. The fraction of sp³-hybridized carbons (Fsp3) is 0.846. The lowest BCUT2D eigenvalue weighted by Gasteiger charge is -2.12. The molecule has 0 spiro atoms. The molecule has 5 heteroatoms. The van der Waals surface area contributed by atoms with E-state index in [2.05, 4.69) is 34.2 Å². The Labute approximate surface area is 110 Å². The van der Waals surface area contributed by atoms with E-state index < -0.39 is 0 Å². The average Bonchev–Trinajstić information content (AvgIpc) is 2.35. The van der Waals surface area contributed by atoms with Crippen molar-refractivity contribution in [2.75, 3.05) is 27.2 Å². The van der Waals surface area contributed by atoms with Gasteiger partial charge in [-0.1, -0.05) is 13.8 Å². The van der Waals surface area contributed by atoms with E-state index in [4.69, 9.17) is 0 Å². The third-order valence-electron chi connectivity index (χ3n) is 2.57. The van der Waals surface area contributed by atoms with Crippen LogP contribution in [0.5, 0.6) is 0 Å². The van der Waals surface area contributed by atoms with Gasteiger partial charge in [-0.15, -0.1) is 0 Å². The van der Waals surface area contributed by atoms with Crippen LogP contribution >= 0.6 is 0 Å². The first kappa shape index (κ1) is 16.7. The first-order chi connectivity index (χ1) is 8.60. The molecule has 0 aromatic carbocycles. The molecule has 0 saturated carbocycles. The van der Waals surface area contributed by atoms with Gasteiger partial charge >= 0.3 is 5.97 Å². The molecule has 0 fully saturated rings. The fourth-order valence-corrected chi connectivity index (χ4v) is 1.40. The number of methoxy groups -OCH3 is 1. The lowest BCUT2D eigenvalue weighted by atomic mass is 10.1. The van der Waals surface area contributed by atoms with Gasteiger partial charge in [-0.2, -0.15) is 0 Å². The van der Waals surface area contributed by atoms with E-state index in [1.165, 1.54) is 7.11 Å². The van der Waals surface area contributed by atoms with Crippen LogP contribution in [-0.2, 0) is 9.53 Å². The quantitative estimate of drug-likeness (QED) is 0.300. The maximum atomic E-state index is 10.9. The fourth-order valence-electron chi connectivity index (χ4n) is 1.40. The Morgan fingerprint density at radius 1 is 1.22 bits per heavy atom. The molecule has 0 amide bonds. The van der Waals surface area contributed by atoms with E-state index in [1.54, 1.807) is 7.05 Å². The highest BCUT2D eigenvalue weighted by Crippen LogP contribution is 1.97. The summed E-state index contributed by atoms with van der Waals surface area (Å²) >= 11 is 0. The summed E-state index contributed by atoms with van der Waals surface area (Å²) in [5.41, 5.74) is 0. The van der Waals surface area contributed by atoms with Crippen LogP contribution in [-0.4, -0.2) is 39.2 Å². The van der Waals surface area contributed by atoms with Gasteiger partial charge in [0, 0.05) is 26.6 Å². The van der Waals surface area contributed by atoms with Crippen molar-refractivity contribution >= 4 is 11.9 Å². The summed E-state index contributed by atoms with van der Waals surface area (Å²) in [6.07, 6.45) is 3.38. The molecule has 0 atom stereocenters. The molecule has 0 rings (SSSR count). The standard InChI is InChI=1S/C13H27N3O2/c1-11(2)8-10-16-13(14-3)15-9-6-5-7-12(17)18-4/h11H,5-10H2,1-4H3,(H2,14,15,16). The number of unbranched alkanes of at least 4 members (excludes halogenated alkanes) is 1. The molecule has 2 N–H and O–H groups in total. The summed E-state index contributed by atoms with van der Waals surface area (Å²) in [7, 11) is 3.18. The van der Waals surface area contributed by atoms with Crippen molar-refractivity contribution in [3.05, 3.63) is 0 Å². The largest absolute Gasteiger partial charge is 0.469 e. The van der Waals surface area contributed by atoms with Crippen molar-refractivity contribution in [2.45, 2.75) is 39.5 Å². The van der Waals surface area contributed by atoms with Crippen LogP contribution in [0.1, 0.15) is 39.5 Å². The van der Waals surface area contributed by atoms with Crippen molar-refractivity contribution in [3.63, 3.8) is 0 Å². The predicted molar refractivity (Wildman–Crippen MR) is 74.7 cm³/mol. The van der Waals surface area contributed by atoms with Gasteiger partial charge in [-0.3, -0.25) is 9.79 Å². The normalized spacial score (nSPS) is 11.5. The van der Waals surface area contributed by atoms with E-state index in [-0.39, 0.29) is 5.97 Å². The third kappa shape index (κ3) is 9.93. The van der Waals surface area contributed by atoms with Gasteiger partial charge in [0.25, 0.3) is 0 Å². The Kier molecular flexibility index (Phi) is 10.1. The van der Waals surface area contributed by atoms with Gasteiger partial charge in [0.1, 0.15) is 0 Å². The summed E-state index contributed by atoms with van der Waals surface area (Å²) in [6.45, 7) is 6.15. The topological polar surface area (TPSA) is 62.7 Å². The molecule has 0 aliphatic heterocycles. The highest BCUT2D eigenvalue weighted by molar-refractivity contribution is 5.79. The van der Waals surface area contributed by atoms with Crippen molar-refractivity contribution in [3.8, 4) is 0 Å². The number of ether oxygens (including phenoxy) is 1. The van der Waals surface area contributed by atoms with Crippen LogP contribution in [0.3, 0.4) is 0 Å². The minimum absolute atomic E-state index is 0.144. The Balaban J connectivity index is 3.54. The lowest BCUT2D eigenvalue weighted by molar-refractivity contribution is -0.140. The van der Waals surface area contributed by atoms with Crippen LogP contribution in [0, 0.1) is 5.92 Å². The maximum Gasteiger partial charge on any atom is 0.305 e. The second-order valence-corrected chi connectivity index (χ2v) is 4.64. The Hall–Kier alpha value is -1.26. The number of carbonyl (C=O) groups excluding carboxylic acids is 1. The second-order valence-electron chi connectivity index (χ2n) is 4.64. The van der Waals surface area contributed by atoms with Gasteiger partial charge in [-0.05, 0) is 25.2 Å². The van der Waals surface area contributed by atoms with Crippen molar-refractivity contribution in [2.24, 2.45) is 10.9 Å². The Morgan fingerprint density at radius 2 is 1.89 bits per heavy atom. The number of carbonyl (C=O) groups is 1. The van der Waals surface area contributed by atoms with Gasteiger partial charge in [-0.25, -0.2) is 0 Å². The molecule has 0 aromatic heterocycles. The minimum atomic E-state index is -0.144. The first-order valence-corrected chi connectivity index (χ1v) is 6.61. The molecule has 0 aliphatic carbocycles. The van der Waals surface area contributed by atoms with E-state index in [1.807, 2.05) is 0 Å². The average molecular weight is 257 g/mol. The smallest absolute Gasteiger partial charge is 0.305 e. The molecule has 5 nitrogen and oxygen atoms in total.